The molecule has 0 aliphatic heterocycles. The molecular formula is C25H16ClNO. The lowest BCUT2D eigenvalue weighted by atomic mass is 10.0. The highest BCUT2D eigenvalue weighted by Crippen LogP contribution is 2.35. The van der Waals surface area contributed by atoms with E-state index in [0.29, 0.717) is 16.5 Å². The summed E-state index contributed by atoms with van der Waals surface area (Å²) >= 11 is 6.33. The summed E-state index contributed by atoms with van der Waals surface area (Å²) in [5.41, 5.74) is 6.82. The van der Waals surface area contributed by atoms with Gasteiger partial charge in [0.25, 0.3) is 0 Å². The minimum absolute atomic E-state index is 0.592. The number of aromatic nitrogens is 1. The molecule has 0 aliphatic rings. The second-order valence-corrected chi connectivity index (χ2v) is 7.06. The molecule has 3 heteroatoms. The highest BCUT2D eigenvalue weighted by Gasteiger charge is 2.14. The summed E-state index contributed by atoms with van der Waals surface area (Å²) in [5.74, 6) is 0.592. The summed E-state index contributed by atoms with van der Waals surface area (Å²) in [6, 6.07) is 32.4. The SMILES string of the molecule is Clc1cc(-c2ccccc2)c2nc(-c3ccc(-c4ccccc4)cc3)oc2c1. The van der Waals surface area contributed by atoms with E-state index in [9.17, 15) is 0 Å². The summed E-state index contributed by atoms with van der Waals surface area (Å²) in [6.45, 7) is 0. The highest BCUT2D eigenvalue weighted by atomic mass is 35.5. The fraction of sp³-hybridized carbons (Fsp3) is 0. The smallest absolute Gasteiger partial charge is 0.227 e. The van der Waals surface area contributed by atoms with Crippen LogP contribution in [0.4, 0.5) is 0 Å². The summed E-state index contributed by atoms with van der Waals surface area (Å²) in [7, 11) is 0. The molecule has 0 aliphatic carbocycles. The molecule has 0 amide bonds. The molecule has 0 atom stereocenters. The van der Waals surface area contributed by atoms with Crippen molar-refractivity contribution in [1.82, 2.24) is 4.98 Å². The van der Waals surface area contributed by atoms with Gasteiger partial charge in [0.05, 0.1) is 0 Å². The van der Waals surface area contributed by atoms with Crippen LogP contribution in [0.1, 0.15) is 0 Å². The second kappa shape index (κ2) is 6.99. The lowest BCUT2D eigenvalue weighted by Crippen LogP contribution is -1.82. The van der Waals surface area contributed by atoms with Crippen LogP contribution in [0.15, 0.2) is 101 Å². The predicted molar refractivity (Wildman–Crippen MR) is 115 cm³/mol. The van der Waals surface area contributed by atoms with Gasteiger partial charge < -0.3 is 4.42 Å². The van der Waals surface area contributed by atoms with Gasteiger partial charge in [-0.3, -0.25) is 0 Å². The van der Waals surface area contributed by atoms with Crippen molar-refractivity contribution in [3.05, 3.63) is 102 Å². The Balaban J connectivity index is 1.59. The Hall–Kier alpha value is -3.36. The van der Waals surface area contributed by atoms with Crippen molar-refractivity contribution in [1.29, 1.82) is 0 Å². The lowest BCUT2D eigenvalue weighted by molar-refractivity contribution is 0.620. The molecule has 4 aromatic carbocycles. The van der Waals surface area contributed by atoms with E-state index in [4.69, 9.17) is 21.0 Å². The molecule has 2 nitrogen and oxygen atoms in total. The molecule has 0 bridgehead atoms. The van der Waals surface area contributed by atoms with Gasteiger partial charge in [-0.25, -0.2) is 4.98 Å². The van der Waals surface area contributed by atoms with Crippen LogP contribution in [-0.2, 0) is 0 Å². The van der Waals surface area contributed by atoms with Gasteiger partial charge in [0, 0.05) is 22.2 Å². The van der Waals surface area contributed by atoms with E-state index in [0.717, 1.165) is 27.8 Å². The van der Waals surface area contributed by atoms with Gasteiger partial charge in [-0.2, -0.15) is 0 Å². The fourth-order valence-corrected chi connectivity index (χ4v) is 3.60. The summed E-state index contributed by atoms with van der Waals surface area (Å²) in [5, 5.41) is 0.633. The third-order valence-corrected chi connectivity index (χ3v) is 5.00. The summed E-state index contributed by atoms with van der Waals surface area (Å²) < 4.78 is 6.05. The minimum atomic E-state index is 0.592. The van der Waals surface area contributed by atoms with Gasteiger partial charge in [-0.05, 0) is 34.9 Å². The second-order valence-electron chi connectivity index (χ2n) is 6.63. The monoisotopic (exact) mass is 381 g/mol. The summed E-state index contributed by atoms with van der Waals surface area (Å²) in [4.78, 5) is 4.78. The number of benzene rings is 4. The maximum absolute atomic E-state index is 6.33. The van der Waals surface area contributed by atoms with E-state index in [2.05, 4.69) is 24.3 Å². The quantitative estimate of drug-likeness (QED) is 0.323. The third-order valence-electron chi connectivity index (χ3n) is 4.78. The standard InChI is InChI=1S/C25H16ClNO/c26-21-15-22(19-9-5-2-6-10-19)24-23(16-21)28-25(27-24)20-13-11-18(12-14-20)17-7-3-1-4-8-17/h1-16H. The van der Waals surface area contributed by atoms with Gasteiger partial charge in [-0.1, -0.05) is 84.4 Å². The molecule has 5 aromatic rings. The Labute approximate surface area is 168 Å². The highest BCUT2D eigenvalue weighted by molar-refractivity contribution is 6.31. The first-order valence-electron chi connectivity index (χ1n) is 9.09. The van der Waals surface area contributed by atoms with Crippen molar-refractivity contribution in [2.75, 3.05) is 0 Å². The molecule has 0 saturated heterocycles. The van der Waals surface area contributed by atoms with E-state index in [1.165, 1.54) is 5.56 Å². The fourth-order valence-electron chi connectivity index (χ4n) is 3.39. The number of hydrogen-bond acceptors (Lipinski definition) is 2. The Morgan fingerprint density at radius 2 is 1.18 bits per heavy atom. The van der Waals surface area contributed by atoms with Gasteiger partial charge in [0.15, 0.2) is 5.58 Å². The Bertz CT molecular complexity index is 1240. The van der Waals surface area contributed by atoms with Crippen molar-refractivity contribution < 1.29 is 4.42 Å². The van der Waals surface area contributed by atoms with Gasteiger partial charge in [0.1, 0.15) is 5.52 Å². The maximum Gasteiger partial charge on any atom is 0.227 e. The van der Waals surface area contributed by atoms with E-state index in [-0.39, 0.29) is 0 Å². The molecule has 28 heavy (non-hydrogen) atoms. The van der Waals surface area contributed by atoms with Crippen LogP contribution >= 0.6 is 11.6 Å². The first-order chi connectivity index (χ1) is 13.8. The van der Waals surface area contributed by atoms with Crippen LogP contribution in [0.3, 0.4) is 0 Å². The van der Waals surface area contributed by atoms with Crippen molar-refractivity contribution in [3.8, 4) is 33.7 Å². The topological polar surface area (TPSA) is 26.0 Å². The predicted octanol–water partition coefficient (Wildman–Crippen LogP) is 7.48. The van der Waals surface area contributed by atoms with E-state index < -0.39 is 0 Å². The zero-order valence-electron chi connectivity index (χ0n) is 15.0. The Morgan fingerprint density at radius 3 is 1.86 bits per heavy atom. The number of halogens is 1. The first-order valence-corrected chi connectivity index (χ1v) is 9.47. The van der Waals surface area contributed by atoms with Crippen LogP contribution in [0.25, 0.3) is 44.8 Å². The molecule has 0 unspecified atom stereocenters. The van der Waals surface area contributed by atoms with Crippen molar-refractivity contribution in [3.63, 3.8) is 0 Å². The first kappa shape index (κ1) is 16.8. The molecule has 134 valence electrons. The number of rotatable bonds is 3. The summed E-state index contributed by atoms with van der Waals surface area (Å²) in [6.07, 6.45) is 0. The van der Waals surface area contributed by atoms with Gasteiger partial charge in [0.2, 0.25) is 5.89 Å². The average Bonchev–Trinajstić information content (AvgIpc) is 3.18. The molecule has 1 aromatic heterocycles. The zero-order chi connectivity index (χ0) is 18.9. The zero-order valence-corrected chi connectivity index (χ0v) is 15.7. The van der Waals surface area contributed by atoms with Crippen molar-refractivity contribution in [2.45, 2.75) is 0 Å². The molecule has 0 saturated carbocycles. The number of nitrogens with zero attached hydrogens (tertiary/aromatic N) is 1. The molecule has 1 heterocycles. The van der Waals surface area contributed by atoms with Crippen molar-refractivity contribution in [2.24, 2.45) is 0 Å². The van der Waals surface area contributed by atoms with Crippen LogP contribution in [0, 0.1) is 0 Å². The molecule has 0 radical (unpaired) electrons. The van der Waals surface area contributed by atoms with Gasteiger partial charge in [-0.15, -0.1) is 0 Å². The van der Waals surface area contributed by atoms with Crippen LogP contribution in [-0.4, -0.2) is 4.98 Å². The molecule has 0 fully saturated rings. The number of fused-ring (bicyclic) bond motifs is 1. The van der Waals surface area contributed by atoms with E-state index in [1.54, 1.807) is 0 Å². The van der Waals surface area contributed by atoms with E-state index in [1.807, 2.05) is 72.8 Å². The number of oxazole rings is 1. The number of hydrogen-bond donors (Lipinski definition) is 0. The molecule has 5 rings (SSSR count). The largest absolute Gasteiger partial charge is 0.436 e. The Morgan fingerprint density at radius 1 is 0.607 bits per heavy atom. The molecular weight excluding hydrogens is 366 g/mol. The van der Waals surface area contributed by atoms with Crippen LogP contribution in [0.5, 0.6) is 0 Å². The third kappa shape index (κ3) is 3.08. The Kier molecular flexibility index (Phi) is 4.19. The van der Waals surface area contributed by atoms with Gasteiger partial charge >= 0.3 is 0 Å². The maximum atomic E-state index is 6.33. The average molecular weight is 382 g/mol. The molecule has 0 N–H and O–H groups in total. The van der Waals surface area contributed by atoms with E-state index >= 15 is 0 Å². The van der Waals surface area contributed by atoms with Crippen molar-refractivity contribution >= 4 is 22.7 Å². The van der Waals surface area contributed by atoms with Crippen LogP contribution < -0.4 is 0 Å². The lowest BCUT2D eigenvalue weighted by Gasteiger charge is -2.02. The minimum Gasteiger partial charge on any atom is -0.436 e. The normalized spacial score (nSPS) is 11.0. The van der Waals surface area contributed by atoms with Crippen LogP contribution in [0.2, 0.25) is 5.02 Å². The molecule has 0 spiro atoms.